The third-order valence-electron chi connectivity index (χ3n) is 2.11. The van der Waals surface area contributed by atoms with Gasteiger partial charge >= 0.3 is 6.01 Å². The van der Waals surface area contributed by atoms with Crippen molar-refractivity contribution < 1.29 is 4.42 Å². The molecule has 1 heterocycles. The summed E-state index contributed by atoms with van der Waals surface area (Å²) in [7, 11) is 0. The quantitative estimate of drug-likeness (QED) is 0.752. The maximum Gasteiger partial charge on any atom is 0.315 e. The molecule has 1 unspecified atom stereocenters. The standard InChI is InChI=1S/C10H20N4O/c1-5-8(4)12-10-14-13-9(15-10)6-11-7(2)3/h7-8,11H,5-6H2,1-4H3,(H,12,14). The maximum absolute atomic E-state index is 5.41. The molecule has 0 spiro atoms. The van der Waals surface area contributed by atoms with Gasteiger partial charge in [-0.25, -0.2) is 0 Å². The van der Waals surface area contributed by atoms with E-state index in [-0.39, 0.29) is 0 Å². The van der Waals surface area contributed by atoms with E-state index >= 15 is 0 Å². The lowest BCUT2D eigenvalue weighted by molar-refractivity contribution is 0.455. The summed E-state index contributed by atoms with van der Waals surface area (Å²) in [5.74, 6) is 0.620. The summed E-state index contributed by atoms with van der Waals surface area (Å²) in [6.07, 6.45) is 1.03. The molecule has 0 bridgehead atoms. The van der Waals surface area contributed by atoms with Crippen molar-refractivity contribution in [2.75, 3.05) is 5.32 Å². The molecule has 0 aromatic carbocycles. The van der Waals surface area contributed by atoms with Crippen LogP contribution in [0.3, 0.4) is 0 Å². The van der Waals surface area contributed by atoms with Crippen LogP contribution >= 0.6 is 0 Å². The first-order chi connectivity index (χ1) is 7.11. The Labute approximate surface area is 90.7 Å². The fourth-order valence-corrected chi connectivity index (χ4v) is 0.988. The first-order valence-electron chi connectivity index (χ1n) is 5.44. The van der Waals surface area contributed by atoms with Gasteiger partial charge in [0, 0.05) is 12.1 Å². The highest BCUT2D eigenvalue weighted by molar-refractivity contribution is 5.18. The molecule has 2 N–H and O–H groups in total. The lowest BCUT2D eigenvalue weighted by Gasteiger charge is -2.07. The van der Waals surface area contributed by atoms with Crippen LogP contribution in [-0.2, 0) is 6.54 Å². The van der Waals surface area contributed by atoms with Crippen molar-refractivity contribution in [3.8, 4) is 0 Å². The van der Waals surface area contributed by atoms with Crippen molar-refractivity contribution in [2.24, 2.45) is 0 Å². The van der Waals surface area contributed by atoms with E-state index in [4.69, 9.17) is 4.42 Å². The summed E-state index contributed by atoms with van der Waals surface area (Å²) >= 11 is 0. The minimum Gasteiger partial charge on any atom is -0.407 e. The molecule has 0 saturated heterocycles. The third-order valence-corrected chi connectivity index (χ3v) is 2.11. The molecule has 5 heteroatoms. The number of nitrogens with one attached hydrogen (secondary N) is 2. The first-order valence-corrected chi connectivity index (χ1v) is 5.44. The second kappa shape index (κ2) is 5.70. The van der Waals surface area contributed by atoms with Gasteiger partial charge in [-0.05, 0) is 13.3 Å². The topological polar surface area (TPSA) is 63.0 Å². The van der Waals surface area contributed by atoms with Crippen molar-refractivity contribution >= 4 is 6.01 Å². The lowest BCUT2D eigenvalue weighted by Crippen LogP contribution is -2.21. The van der Waals surface area contributed by atoms with Gasteiger partial charge in [-0.1, -0.05) is 25.9 Å². The zero-order chi connectivity index (χ0) is 11.3. The zero-order valence-electron chi connectivity index (χ0n) is 9.87. The number of nitrogens with zero attached hydrogens (tertiary/aromatic N) is 2. The Morgan fingerprint density at radius 1 is 1.27 bits per heavy atom. The SMILES string of the molecule is CCC(C)Nc1nnc(CNC(C)C)o1. The molecule has 86 valence electrons. The predicted octanol–water partition coefficient (Wildman–Crippen LogP) is 1.78. The fraction of sp³-hybridized carbons (Fsp3) is 0.800. The predicted molar refractivity (Wildman–Crippen MR) is 59.6 cm³/mol. The highest BCUT2D eigenvalue weighted by Gasteiger charge is 2.07. The molecular formula is C10H20N4O. The van der Waals surface area contributed by atoms with Crippen LogP contribution < -0.4 is 10.6 Å². The molecule has 0 aliphatic heterocycles. The number of hydrogen-bond acceptors (Lipinski definition) is 5. The van der Waals surface area contributed by atoms with E-state index in [0.29, 0.717) is 30.5 Å². The van der Waals surface area contributed by atoms with Crippen LogP contribution in [0.1, 0.15) is 40.0 Å². The van der Waals surface area contributed by atoms with Crippen LogP contribution in [0, 0.1) is 0 Å². The molecule has 0 saturated carbocycles. The summed E-state index contributed by atoms with van der Waals surface area (Å²) < 4.78 is 5.41. The molecule has 5 nitrogen and oxygen atoms in total. The smallest absolute Gasteiger partial charge is 0.315 e. The van der Waals surface area contributed by atoms with Gasteiger partial charge in [0.15, 0.2) is 0 Å². The monoisotopic (exact) mass is 212 g/mol. The van der Waals surface area contributed by atoms with Crippen molar-refractivity contribution in [1.29, 1.82) is 0 Å². The van der Waals surface area contributed by atoms with Gasteiger partial charge in [-0.2, -0.15) is 0 Å². The number of hydrogen-bond donors (Lipinski definition) is 2. The van der Waals surface area contributed by atoms with Crippen molar-refractivity contribution in [3.05, 3.63) is 5.89 Å². The van der Waals surface area contributed by atoms with Gasteiger partial charge in [0.05, 0.1) is 6.54 Å². The molecule has 0 aliphatic carbocycles. The molecule has 1 atom stereocenters. The average Bonchev–Trinajstić information content (AvgIpc) is 2.62. The highest BCUT2D eigenvalue weighted by Crippen LogP contribution is 2.07. The van der Waals surface area contributed by atoms with E-state index in [1.807, 2.05) is 0 Å². The third kappa shape index (κ3) is 4.29. The molecule has 0 fully saturated rings. The number of anilines is 1. The van der Waals surface area contributed by atoms with E-state index in [2.05, 4.69) is 48.5 Å². The first kappa shape index (κ1) is 12.0. The Morgan fingerprint density at radius 3 is 2.60 bits per heavy atom. The Morgan fingerprint density at radius 2 is 2.00 bits per heavy atom. The number of aromatic nitrogens is 2. The normalized spacial score (nSPS) is 13.1. The van der Waals surface area contributed by atoms with E-state index in [1.54, 1.807) is 0 Å². The van der Waals surface area contributed by atoms with Crippen molar-refractivity contribution in [2.45, 2.75) is 52.7 Å². The van der Waals surface area contributed by atoms with E-state index < -0.39 is 0 Å². The molecule has 0 aliphatic rings. The van der Waals surface area contributed by atoms with Gasteiger partial charge in [0.2, 0.25) is 5.89 Å². The van der Waals surface area contributed by atoms with Crippen LogP contribution in [0.2, 0.25) is 0 Å². The second-order valence-electron chi connectivity index (χ2n) is 3.99. The van der Waals surface area contributed by atoms with Crippen LogP contribution in [0.25, 0.3) is 0 Å². The van der Waals surface area contributed by atoms with E-state index in [1.165, 1.54) is 0 Å². The average molecular weight is 212 g/mol. The summed E-state index contributed by atoms with van der Waals surface area (Å²) in [5, 5.41) is 14.2. The van der Waals surface area contributed by atoms with Crippen molar-refractivity contribution in [3.63, 3.8) is 0 Å². The summed E-state index contributed by atoms with van der Waals surface area (Å²) in [5.41, 5.74) is 0. The van der Waals surface area contributed by atoms with Crippen LogP contribution in [0.15, 0.2) is 4.42 Å². The van der Waals surface area contributed by atoms with E-state index in [9.17, 15) is 0 Å². The molecule has 1 aromatic rings. The van der Waals surface area contributed by atoms with Crippen LogP contribution in [0.5, 0.6) is 0 Å². The molecule has 0 amide bonds. The Kier molecular flexibility index (Phi) is 4.55. The molecule has 1 aromatic heterocycles. The fourth-order valence-electron chi connectivity index (χ4n) is 0.988. The Balaban J connectivity index is 2.42. The molecular weight excluding hydrogens is 192 g/mol. The molecule has 1 rings (SSSR count). The van der Waals surface area contributed by atoms with E-state index in [0.717, 1.165) is 6.42 Å². The van der Waals surface area contributed by atoms with Gasteiger partial charge in [-0.15, -0.1) is 5.10 Å². The molecule has 0 radical (unpaired) electrons. The van der Waals surface area contributed by atoms with Gasteiger partial charge < -0.3 is 15.1 Å². The Bertz CT molecular complexity index is 285. The van der Waals surface area contributed by atoms with Crippen LogP contribution in [-0.4, -0.2) is 22.3 Å². The molecule has 15 heavy (non-hydrogen) atoms. The highest BCUT2D eigenvalue weighted by atomic mass is 16.4. The largest absolute Gasteiger partial charge is 0.407 e. The maximum atomic E-state index is 5.41. The van der Waals surface area contributed by atoms with Gasteiger partial charge in [0.1, 0.15) is 0 Å². The zero-order valence-corrected chi connectivity index (χ0v) is 9.87. The van der Waals surface area contributed by atoms with Gasteiger partial charge in [-0.3, -0.25) is 0 Å². The van der Waals surface area contributed by atoms with Crippen molar-refractivity contribution in [1.82, 2.24) is 15.5 Å². The summed E-state index contributed by atoms with van der Waals surface area (Å²) in [6.45, 7) is 8.96. The van der Waals surface area contributed by atoms with Crippen LogP contribution in [0.4, 0.5) is 6.01 Å². The summed E-state index contributed by atoms with van der Waals surface area (Å²) in [6, 6.07) is 1.28. The minimum atomic E-state index is 0.358. The summed E-state index contributed by atoms with van der Waals surface area (Å²) in [4.78, 5) is 0. The lowest BCUT2D eigenvalue weighted by atomic mass is 10.3. The number of rotatable bonds is 6. The van der Waals surface area contributed by atoms with Gasteiger partial charge in [0.25, 0.3) is 0 Å². The second-order valence-corrected chi connectivity index (χ2v) is 3.99. The minimum absolute atomic E-state index is 0.358. The Hall–Kier alpha value is -1.10.